The lowest BCUT2D eigenvalue weighted by Crippen LogP contribution is -2.23. The Labute approximate surface area is 179 Å². The zero-order chi connectivity index (χ0) is 21.8. The number of rotatable bonds is 7. The van der Waals surface area contributed by atoms with Crippen molar-refractivity contribution in [3.63, 3.8) is 0 Å². The standard InChI is InChI=1S/C22H22N6O3/c1-14(2)20-26-22(31-27-20)16-7-8-19(23-11-16)28-12-18(25-13-28)21(29)24-10-15-5-4-6-17(9-15)30-3/h4-9,11-14H,10H2,1-3H3,(H,24,29). The van der Waals surface area contributed by atoms with Crippen LogP contribution in [0.15, 0.2) is 59.6 Å². The number of aromatic nitrogens is 5. The van der Waals surface area contributed by atoms with Gasteiger partial charge in [-0.2, -0.15) is 4.98 Å². The van der Waals surface area contributed by atoms with Crippen molar-refractivity contribution in [2.75, 3.05) is 7.11 Å². The third-order valence-corrected chi connectivity index (χ3v) is 4.62. The molecule has 31 heavy (non-hydrogen) atoms. The topological polar surface area (TPSA) is 108 Å². The predicted molar refractivity (Wildman–Crippen MR) is 113 cm³/mol. The summed E-state index contributed by atoms with van der Waals surface area (Å²) in [6.45, 7) is 4.37. The van der Waals surface area contributed by atoms with Gasteiger partial charge in [0.15, 0.2) is 5.82 Å². The first-order valence-corrected chi connectivity index (χ1v) is 9.79. The minimum Gasteiger partial charge on any atom is -0.497 e. The quantitative estimate of drug-likeness (QED) is 0.490. The molecule has 0 radical (unpaired) electrons. The van der Waals surface area contributed by atoms with E-state index in [1.54, 1.807) is 36.5 Å². The average Bonchev–Trinajstić information content (AvgIpc) is 3.48. The number of carbonyl (C=O) groups is 1. The van der Waals surface area contributed by atoms with Crippen LogP contribution in [0.5, 0.6) is 5.75 Å². The summed E-state index contributed by atoms with van der Waals surface area (Å²) >= 11 is 0. The van der Waals surface area contributed by atoms with Gasteiger partial charge in [0.25, 0.3) is 11.8 Å². The van der Waals surface area contributed by atoms with E-state index in [-0.39, 0.29) is 11.8 Å². The number of nitrogens with zero attached hydrogens (tertiary/aromatic N) is 5. The van der Waals surface area contributed by atoms with Gasteiger partial charge in [-0.15, -0.1) is 0 Å². The Morgan fingerprint density at radius 2 is 2.10 bits per heavy atom. The largest absolute Gasteiger partial charge is 0.497 e. The van der Waals surface area contributed by atoms with Crippen LogP contribution in [0.4, 0.5) is 0 Å². The Morgan fingerprint density at radius 3 is 2.81 bits per heavy atom. The van der Waals surface area contributed by atoms with Crippen LogP contribution >= 0.6 is 0 Å². The molecular weight excluding hydrogens is 396 g/mol. The van der Waals surface area contributed by atoms with Gasteiger partial charge < -0.3 is 14.6 Å². The zero-order valence-electron chi connectivity index (χ0n) is 17.4. The number of carbonyl (C=O) groups excluding carboxylic acids is 1. The predicted octanol–water partition coefficient (Wildman–Crippen LogP) is 3.38. The van der Waals surface area contributed by atoms with E-state index in [9.17, 15) is 4.79 Å². The van der Waals surface area contributed by atoms with Crippen molar-refractivity contribution in [3.8, 4) is 23.0 Å². The first-order chi connectivity index (χ1) is 15.0. The van der Waals surface area contributed by atoms with Crippen LogP contribution in [-0.2, 0) is 6.54 Å². The normalized spacial score (nSPS) is 11.0. The van der Waals surface area contributed by atoms with Crippen LogP contribution in [0.1, 0.15) is 41.6 Å². The molecule has 0 fully saturated rings. The summed E-state index contributed by atoms with van der Waals surface area (Å²) < 4.78 is 12.2. The highest BCUT2D eigenvalue weighted by molar-refractivity contribution is 5.92. The van der Waals surface area contributed by atoms with Gasteiger partial charge in [0, 0.05) is 24.9 Å². The number of hydrogen-bond acceptors (Lipinski definition) is 7. The summed E-state index contributed by atoms with van der Waals surface area (Å²) in [5, 5.41) is 6.82. The molecule has 4 aromatic rings. The van der Waals surface area contributed by atoms with Gasteiger partial charge >= 0.3 is 0 Å². The fourth-order valence-corrected chi connectivity index (χ4v) is 2.87. The molecule has 158 valence electrons. The molecule has 9 nitrogen and oxygen atoms in total. The fraction of sp³-hybridized carbons (Fsp3) is 0.227. The van der Waals surface area contributed by atoms with Crippen LogP contribution < -0.4 is 10.1 Å². The van der Waals surface area contributed by atoms with E-state index in [2.05, 4.69) is 25.4 Å². The summed E-state index contributed by atoms with van der Waals surface area (Å²) in [6, 6.07) is 11.2. The van der Waals surface area contributed by atoms with Crippen LogP contribution in [0.25, 0.3) is 17.3 Å². The molecular formula is C22H22N6O3. The lowest BCUT2D eigenvalue weighted by atomic mass is 10.2. The molecule has 0 saturated carbocycles. The molecule has 0 saturated heterocycles. The molecule has 1 N–H and O–H groups in total. The second kappa shape index (κ2) is 8.78. The summed E-state index contributed by atoms with van der Waals surface area (Å²) in [4.78, 5) is 25.4. The highest BCUT2D eigenvalue weighted by atomic mass is 16.5. The minimum absolute atomic E-state index is 0.184. The molecule has 3 heterocycles. The maximum absolute atomic E-state index is 12.4. The van der Waals surface area contributed by atoms with Gasteiger partial charge in [0.1, 0.15) is 23.6 Å². The molecule has 9 heteroatoms. The average molecular weight is 418 g/mol. The molecule has 0 bridgehead atoms. The SMILES string of the molecule is COc1cccc(CNC(=O)c2cn(-c3ccc(-c4nc(C(C)C)no4)cn3)cn2)c1. The van der Waals surface area contributed by atoms with Gasteiger partial charge in [0.05, 0.1) is 12.7 Å². The maximum Gasteiger partial charge on any atom is 0.271 e. The number of imidazole rings is 1. The minimum atomic E-state index is -0.273. The van der Waals surface area contributed by atoms with Crippen molar-refractivity contribution in [1.29, 1.82) is 0 Å². The van der Waals surface area contributed by atoms with E-state index in [4.69, 9.17) is 9.26 Å². The highest BCUT2D eigenvalue weighted by Gasteiger charge is 2.13. The maximum atomic E-state index is 12.4. The number of benzene rings is 1. The lowest BCUT2D eigenvalue weighted by Gasteiger charge is -2.05. The first-order valence-electron chi connectivity index (χ1n) is 9.79. The Bertz CT molecular complexity index is 1180. The van der Waals surface area contributed by atoms with Crippen LogP contribution in [-0.4, -0.2) is 37.7 Å². The van der Waals surface area contributed by atoms with Crippen molar-refractivity contribution in [2.24, 2.45) is 0 Å². The van der Waals surface area contributed by atoms with E-state index in [0.717, 1.165) is 16.9 Å². The third-order valence-electron chi connectivity index (χ3n) is 4.62. The Kier molecular flexibility index (Phi) is 5.74. The van der Waals surface area contributed by atoms with Crippen LogP contribution in [0.3, 0.4) is 0 Å². The molecule has 1 amide bonds. The Hall–Kier alpha value is -4.01. The van der Waals surface area contributed by atoms with E-state index in [1.165, 1.54) is 0 Å². The summed E-state index contributed by atoms with van der Waals surface area (Å²) in [6.07, 6.45) is 4.83. The smallest absolute Gasteiger partial charge is 0.271 e. The molecule has 0 aliphatic heterocycles. The third kappa shape index (κ3) is 4.61. The number of methoxy groups -OCH3 is 1. The monoisotopic (exact) mass is 418 g/mol. The van der Waals surface area contributed by atoms with Crippen LogP contribution in [0, 0.1) is 0 Å². The van der Waals surface area contributed by atoms with E-state index in [0.29, 0.717) is 29.8 Å². The van der Waals surface area contributed by atoms with Gasteiger partial charge in [-0.05, 0) is 29.8 Å². The first kappa shape index (κ1) is 20.3. The van der Waals surface area contributed by atoms with Gasteiger partial charge in [0.2, 0.25) is 0 Å². The van der Waals surface area contributed by atoms with Gasteiger partial charge in [-0.25, -0.2) is 9.97 Å². The highest BCUT2D eigenvalue weighted by Crippen LogP contribution is 2.20. The second-order valence-electron chi connectivity index (χ2n) is 7.22. The molecule has 0 spiro atoms. The van der Waals surface area contributed by atoms with E-state index in [1.807, 2.05) is 44.2 Å². The van der Waals surface area contributed by atoms with Crippen molar-refractivity contribution in [2.45, 2.75) is 26.3 Å². The summed E-state index contributed by atoms with van der Waals surface area (Å²) in [7, 11) is 1.61. The van der Waals surface area contributed by atoms with Gasteiger partial charge in [-0.1, -0.05) is 31.1 Å². The zero-order valence-corrected chi connectivity index (χ0v) is 17.4. The number of ether oxygens (including phenoxy) is 1. The second-order valence-corrected chi connectivity index (χ2v) is 7.22. The molecule has 3 aromatic heterocycles. The number of amides is 1. The van der Waals surface area contributed by atoms with E-state index < -0.39 is 0 Å². The van der Waals surface area contributed by atoms with Crippen molar-refractivity contribution < 1.29 is 14.1 Å². The van der Waals surface area contributed by atoms with Gasteiger partial charge in [-0.3, -0.25) is 9.36 Å². The van der Waals surface area contributed by atoms with E-state index >= 15 is 0 Å². The molecule has 4 rings (SSSR count). The summed E-state index contributed by atoms with van der Waals surface area (Å²) in [5.41, 5.74) is 1.96. The lowest BCUT2D eigenvalue weighted by molar-refractivity contribution is 0.0946. The number of hydrogen-bond donors (Lipinski definition) is 1. The summed E-state index contributed by atoms with van der Waals surface area (Å²) in [5.74, 6) is 2.34. The molecule has 0 unspecified atom stereocenters. The Balaban J connectivity index is 1.42. The molecule has 0 atom stereocenters. The van der Waals surface area contributed by atoms with Crippen molar-refractivity contribution in [3.05, 3.63) is 72.2 Å². The Morgan fingerprint density at radius 1 is 1.23 bits per heavy atom. The molecule has 1 aromatic carbocycles. The number of nitrogens with one attached hydrogen (secondary N) is 1. The van der Waals surface area contributed by atoms with Crippen molar-refractivity contribution in [1.82, 2.24) is 30.0 Å². The molecule has 0 aliphatic carbocycles. The van der Waals surface area contributed by atoms with Crippen LogP contribution in [0.2, 0.25) is 0 Å². The fourth-order valence-electron chi connectivity index (χ4n) is 2.87. The molecule has 0 aliphatic rings. The van der Waals surface area contributed by atoms with Crippen molar-refractivity contribution >= 4 is 5.91 Å². The number of pyridine rings is 1.